The largest absolute Gasteiger partial charge is 0.384 e. The Kier molecular flexibility index (Phi) is 4.24. The summed E-state index contributed by atoms with van der Waals surface area (Å²) in [6.45, 7) is 1.92. The van der Waals surface area contributed by atoms with Crippen molar-refractivity contribution in [3.05, 3.63) is 0 Å². The van der Waals surface area contributed by atoms with Gasteiger partial charge in [0.25, 0.3) is 0 Å². The molecule has 0 spiro atoms. The van der Waals surface area contributed by atoms with Gasteiger partial charge in [0, 0.05) is 12.8 Å². The molecule has 0 rings (SSSR count). The quantitative estimate of drug-likeness (QED) is 0.422. The lowest BCUT2D eigenvalue weighted by Gasteiger charge is -2.15. The van der Waals surface area contributed by atoms with Crippen molar-refractivity contribution in [2.45, 2.75) is 38.5 Å². The zero-order chi connectivity index (χ0) is 12.3. The normalized spacial score (nSPS) is 12.4. The average molecular weight is 230 g/mol. The predicted molar refractivity (Wildman–Crippen MR) is 41.6 cm³/mol. The van der Waals surface area contributed by atoms with Crippen LogP contribution in [0, 0.1) is 0 Å². The number of hydrogen-bond donors (Lipinski definition) is 0. The van der Waals surface area contributed by atoms with Gasteiger partial charge in [-0.15, -0.1) is 0 Å². The van der Waals surface area contributed by atoms with Crippen LogP contribution in [0.2, 0.25) is 0 Å². The second kappa shape index (κ2) is 4.59. The molecule has 15 heavy (non-hydrogen) atoms. The number of alkyl halides is 4. The molecule has 0 unspecified atom stereocenters. The van der Waals surface area contributed by atoms with E-state index in [0.717, 1.165) is 13.8 Å². The Hall–Kier alpha value is -1.14. The summed E-state index contributed by atoms with van der Waals surface area (Å²) in [5, 5.41) is 0. The maximum atomic E-state index is 12.5. The third kappa shape index (κ3) is 3.49. The van der Waals surface area contributed by atoms with Crippen LogP contribution in [0.15, 0.2) is 0 Å². The van der Waals surface area contributed by atoms with Crippen molar-refractivity contribution < 1.29 is 31.9 Å². The number of carbonyl (C=O) groups excluding carboxylic acids is 2. The molecule has 0 aliphatic rings. The van der Waals surface area contributed by atoms with Crippen LogP contribution in [0.5, 0.6) is 0 Å². The fourth-order valence-electron chi connectivity index (χ4n) is 0.522. The summed E-state index contributed by atoms with van der Waals surface area (Å²) in [5.74, 6) is -12.3. The summed E-state index contributed by atoms with van der Waals surface area (Å²) >= 11 is 0. The minimum Gasteiger partial charge on any atom is -0.384 e. The van der Waals surface area contributed by atoms with E-state index in [9.17, 15) is 27.2 Å². The molecule has 0 aromatic heterocycles. The van der Waals surface area contributed by atoms with Crippen LogP contribution in [-0.4, -0.2) is 23.8 Å². The van der Waals surface area contributed by atoms with E-state index in [2.05, 4.69) is 4.74 Å². The van der Waals surface area contributed by atoms with Gasteiger partial charge in [-0.1, -0.05) is 13.8 Å². The molecule has 0 N–H and O–H groups in total. The second-order valence-corrected chi connectivity index (χ2v) is 2.79. The standard InChI is InChI=1S/C8H10F4O3/c1-3-7(9,10)5(13)15-6(14)8(11,12)4-2/h3-4H2,1-2H3. The number of carbonyl (C=O) groups is 2. The van der Waals surface area contributed by atoms with Crippen LogP contribution < -0.4 is 0 Å². The van der Waals surface area contributed by atoms with Crippen molar-refractivity contribution in [1.29, 1.82) is 0 Å². The van der Waals surface area contributed by atoms with Crippen LogP contribution in [0.4, 0.5) is 17.6 Å². The number of ether oxygens (including phenoxy) is 1. The van der Waals surface area contributed by atoms with E-state index < -0.39 is 36.6 Å². The summed E-state index contributed by atoms with van der Waals surface area (Å²) in [6, 6.07) is 0. The van der Waals surface area contributed by atoms with Crippen molar-refractivity contribution in [2.24, 2.45) is 0 Å². The van der Waals surface area contributed by atoms with Crippen molar-refractivity contribution in [2.75, 3.05) is 0 Å². The molecule has 0 aromatic carbocycles. The molecule has 0 amide bonds. The summed E-state index contributed by atoms with van der Waals surface area (Å²) in [6.07, 6.45) is -1.84. The third-order valence-electron chi connectivity index (χ3n) is 1.67. The van der Waals surface area contributed by atoms with Gasteiger partial charge in [0.05, 0.1) is 0 Å². The first-order valence-electron chi connectivity index (χ1n) is 4.19. The van der Waals surface area contributed by atoms with E-state index in [1.54, 1.807) is 0 Å². The SMILES string of the molecule is CCC(F)(F)C(=O)OC(=O)C(F)(F)CC. The monoisotopic (exact) mass is 230 g/mol. The fraction of sp³-hybridized carbons (Fsp3) is 0.750. The lowest BCUT2D eigenvalue weighted by atomic mass is 10.2. The Morgan fingerprint density at radius 2 is 1.20 bits per heavy atom. The molecule has 3 nitrogen and oxygen atoms in total. The predicted octanol–water partition coefficient (Wildman–Crippen LogP) is 2.15. The summed E-state index contributed by atoms with van der Waals surface area (Å²) < 4.78 is 53.5. The number of rotatable bonds is 4. The van der Waals surface area contributed by atoms with Crippen molar-refractivity contribution in [1.82, 2.24) is 0 Å². The lowest BCUT2D eigenvalue weighted by Crippen LogP contribution is -2.38. The van der Waals surface area contributed by atoms with Crippen LogP contribution in [-0.2, 0) is 14.3 Å². The molecular formula is C8H10F4O3. The molecule has 0 atom stereocenters. The molecular weight excluding hydrogens is 220 g/mol. The molecule has 0 aliphatic heterocycles. The second-order valence-electron chi connectivity index (χ2n) is 2.79. The molecule has 88 valence electrons. The smallest absolute Gasteiger partial charge is 0.384 e. The maximum absolute atomic E-state index is 12.5. The highest BCUT2D eigenvalue weighted by Crippen LogP contribution is 2.24. The number of halogens is 4. The van der Waals surface area contributed by atoms with Gasteiger partial charge in [0.2, 0.25) is 0 Å². The first-order valence-corrected chi connectivity index (χ1v) is 4.19. The van der Waals surface area contributed by atoms with Gasteiger partial charge in [-0.3, -0.25) is 0 Å². The summed E-state index contributed by atoms with van der Waals surface area (Å²) in [4.78, 5) is 21.1. The molecule has 0 aliphatic carbocycles. The van der Waals surface area contributed by atoms with Crippen LogP contribution >= 0.6 is 0 Å². The molecule has 7 heteroatoms. The fourth-order valence-corrected chi connectivity index (χ4v) is 0.522. The minimum atomic E-state index is -3.92. The Morgan fingerprint density at radius 3 is 1.40 bits per heavy atom. The van der Waals surface area contributed by atoms with Gasteiger partial charge >= 0.3 is 23.8 Å². The van der Waals surface area contributed by atoms with Gasteiger partial charge in [-0.2, -0.15) is 17.6 Å². The Morgan fingerprint density at radius 1 is 0.933 bits per heavy atom. The molecule has 0 saturated heterocycles. The van der Waals surface area contributed by atoms with E-state index in [-0.39, 0.29) is 0 Å². The highest BCUT2D eigenvalue weighted by molar-refractivity contribution is 5.92. The topological polar surface area (TPSA) is 43.4 Å². The molecule has 0 fully saturated rings. The van der Waals surface area contributed by atoms with Gasteiger partial charge in [-0.25, -0.2) is 9.59 Å². The minimum absolute atomic E-state index is 0.920. The summed E-state index contributed by atoms with van der Waals surface area (Å²) in [5.41, 5.74) is 0. The number of hydrogen-bond acceptors (Lipinski definition) is 3. The Bertz CT molecular complexity index is 237. The van der Waals surface area contributed by atoms with Crippen LogP contribution in [0.25, 0.3) is 0 Å². The highest BCUT2D eigenvalue weighted by Gasteiger charge is 2.46. The first-order chi connectivity index (χ1) is 6.67. The van der Waals surface area contributed by atoms with Crippen molar-refractivity contribution in [3.63, 3.8) is 0 Å². The van der Waals surface area contributed by atoms with Gasteiger partial charge in [0.1, 0.15) is 0 Å². The van der Waals surface area contributed by atoms with Gasteiger partial charge in [-0.05, 0) is 0 Å². The number of esters is 2. The molecule has 0 aromatic rings. The maximum Gasteiger partial charge on any atom is 0.384 e. The summed E-state index contributed by atoms with van der Waals surface area (Å²) in [7, 11) is 0. The van der Waals surface area contributed by atoms with Gasteiger partial charge < -0.3 is 4.74 Å². The van der Waals surface area contributed by atoms with E-state index in [0.29, 0.717) is 0 Å². The third-order valence-corrected chi connectivity index (χ3v) is 1.67. The Labute approximate surface area is 83.4 Å². The molecule has 0 radical (unpaired) electrons. The lowest BCUT2D eigenvalue weighted by molar-refractivity contribution is -0.192. The highest BCUT2D eigenvalue weighted by atomic mass is 19.3. The van der Waals surface area contributed by atoms with Crippen LogP contribution in [0.3, 0.4) is 0 Å². The molecule has 0 saturated carbocycles. The zero-order valence-electron chi connectivity index (χ0n) is 8.15. The Balaban J connectivity index is 4.51. The van der Waals surface area contributed by atoms with Gasteiger partial charge in [0.15, 0.2) is 0 Å². The van der Waals surface area contributed by atoms with E-state index in [1.807, 2.05) is 0 Å². The zero-order valence-corrected chi connectivity index (χ0v) is 8.15. The van der Waals surface area contributed by atoms with Crippen LogP contribution in [0.1, 0.15) is 26.7 Å². The van der Waals surface area contributed by atoms with Crippen molar-refractivity contribution >= 4 is 11.9 Å². The van der Waals surface area contributed by atoms with E-state index >= 15 is 0 Å². The first kappa shape index (κ1) is 13.9. The van der Waals surface area contributed by atoms with Crippen molar-refractivity contribution in [3.8, 4) is 0 Å². The molecule has 0 bridgehead atoms. The molecule has 0 heterocycles. The van der Waals surface area contributed by atoms with E-state index in [4.69, 9.17) is 0 Å². The average Bonchev–Trinajstić information content (AvgIpc) is 2.17. The van der Waals surface area contributed by atoms with E-state index in [1.165, 1.54) is 0 Å².